The summed E-state index contributed by atoms with van der Waals surface area (Å²) >= 11 is 0. The van der Waals surface area contributed by atoms with Crippen LogP contribution >= 0.6 is 0 Å². The normalized spacial score (nSPS) is 11.0. The summed E-state index contributed by atoms with van der Waals surface area (Å²) in [6, 6.07) is 6.54. The highest BCUT2D eigenvalue weighted by Crippen LogP contribution is 2.16. The average molecular weight is 320 g/mol. The number of methoxy groups -OCH3 is 1. The second-order valence-corrected chi connectivity index (χ2v) is 4.44. The molecule has 6 nitrogen and oxygen atoms in total. The molecule has 0 radical (unpaired) electrons. The van der Waals surface area contributed by atoms with Crippen LogP contribution in [0.15, 0.2) is 29.8 Å². The Bertz CT molecular complexity index is 583. The third-order valence-electron chi connectivity index (χ3n) is 2.83. The van der Waals surface area contributed by atoms with Crippen molar-refractivity contribution in [2.45, 2.75) is 13.8 Å². The maximum atomic E-state index is 12.1. The van der Waals surface area contributed by atoms with Gasteiger partial charge in [0.2, 0.25) is 0 Å². The highest BCUT2D eigenvalue weighted by molar-refractivity contribution is 6.21. The van der Waals surface area contributed by atoms with Crippen molar-refractivity contribution >= 4 is 23.8 Å². The van der Waals surface area contributed by atoms with Crippen LogP contribution in [0, 0.1) is 0 Å². The van der Waals surface area contributed by atoms with Crippen LogP contribution in [0.2, 0.25) is 0 Å². The van der Waals surface area contributed by atoms with Crippen molar-refractivity contribution in [3.8, 4) is 0 Å². The Kier molecular flexibility index (Phi) is 7.70. The van der Waals surface area contributed by atoms with Crippen molar-refractivity contribution in [1.82, 2.24) is 0 Å². The van der Waals surface area contributed by atoms with Crippen LogP contribution in [0.4, 0.5) is 0 Å². The van der Waals surface area contributed by atoms with Gasteiger partial charge in [-0.15, -0.1) is 0 Å². The number of carbonyl (C=O) groups excluding carboxylic acids is 3. The van der Waals surface area contributed by atoms with Gasteiger partial charge in [-0.25, -0.2) is 9.59 Å². The quantitative estimate of drug-likeness (QED) is 0.316. The Hall–Kier alpha value is -2.47. The predicted molar refractivity (Wildman–Crippen MR) is 83.9 cm³/mol. The number of esters is 2. The van der Waals surface area contributed by atoms with E-state index in [2.05, 4.69) is 0 Å². The molecule has 1 aromatic carbocycles. The molecule has 0 aliphatic rings. The van der Waals surface area contributed by atoms with Gasteiger partial charge in [-0.05, 0) is 31.6 Å². The predicted octanol–water partition coefficient (Wildman–Crippen LogP) is 2.03. The molecule has 0 unspecified atom stereocenters. The van der Waals surface area contributed by atoms with E-state index in [1.165, 1.54) is 13.2 Å². The lowest BCUT2D eigenvalue weighted by molar-refractivity contribution is -0.140. The maximum Gasteiger partial charge on any atom is 0.341 e. The van der Waals surface area contributed by atoms with Crippen molar-refractivity contribution in [2.75, 3.05) is 26.9 Å². The van der Waals surface area contributed by atoms with Gasteiger partial charge in [-0.2, -0.15) is 0 Å². The molecular formula is C17H20O6. The molecule has 124 valence electrons. The fourth-order valence-electron chi connectivity index (χ4n) is 1.84. The summed E-state index contributed by atoms with van der Waals surface area (Å²) in [7, 11) is 1.35. The van der Waals surface area contributed by atoms with E-state index in [1.54, 1.807) is 38.1 Å². The molecule has 1 aromatic rings. The summed E-state index contributed by atoms with van der Waals surface area (Å²) < 4.78 is 14.6. The monoisotopic (exact) mass is 320 g/mol. The Balaban J connectivity index is 3.28. The number of ketones is 1. The van der Waals surface area contributed by atoms with Gasteiger partial charge in [0.05, 0.1) is 18.8 Å². The lowest BCUT2D eigenvalue weighted by atomic mass is 10.0. The van der Waals surface area contributed by atoms with Crippen LogP contribution < -0.4 is 0 Å². The molecule has 0 aliphatic carbocycles. The lowest BCUT2D eigenvalue weighted by Gasteiger charge is -2.09. The molecule has 0 spiro atoms. The van der Waals surface area contributed by atoms with E-state index in [0.29, 0.717) is 5.56 Å². The first-order valence-corrected chi connectivity index (χ1v) is 7.22. The van der Waals surface area contributed by atoms with Crippen molar-refractivity contribution < 1.29 is 28.6 Å². The van der Waals surface area contributed by atoms with Crippen molar-refractivity contribution in [1.29, 1.82) is 0 Å². The molecule has 0 fully saturated rings. The summed E-state index contributed by atoms with van der Waals surface area (Å²) in [6.07, 6.45) is 1.32. The van der Waals surface area contributed by atoms with Gasteiger partial charge < -0.3 is 14.2 Å². The second-order valence-electron chi connectivity index (χ2n) is 4.44. The molecule has 23 heavy (non-hydrogen) atoms. The van der Waals surface area contributed by atoms with Crippen molar-refractivity contribution in [2.24, 2.45) is 0 Å². The zero-order valence-corrected chi connectivity index (χ0v) is 13.5. The molecule has 0 heterocycles. The lowest BCUT2D eigenvalue weighted by Crippen LogP contribution is -2.19. The standard InChI is InChI=1S/C17H20O6/c1-4-22-16(19)13-9-7-6-8-12(13)10-14(15(18)11-21-3)17(20)23-5-2/h6-10H,4-5,11H2,1-3H3. The minimum atomic E-state index is -0.756. The van der Waals surface area contributed by atoms with Crippen LogP contribution in [0.3, 0.4) is 0 Å². The third kappa shape index (κ3) is 5.34. The number of carbonyl (C=O) groups is 3. The van der Waals surface area contributed by atoms with E-state index in [4.69, 9.17) is 14.2 Å². The number of benzene rings is 1. The molecule has 0 N–H and O–H groups in total. The number of hydrogen-bond acceptors (Lipinski definition) is 6. The summed E-state index contributed by atoms with van der Waals surface area (Å²) in [5, 5.41) is 0. The zero-order valence-electron chi connectivity index (χ0n) is 13.5. The Morgan fingerprint density at radius 1 is 1.04 bits per heavy atom. The molecule has 0 aromatic heterocycles. The fraction of sp³-hybridized carbons (Fsp3) is 0.353. The summed E-state index contributed by atoms with van der Waals surface area (Å²) in [5.41, 5.74) is 0.491. The summed E-state index contributed by atoms with van der Waals surface area (Å²) in [6.45, 7) is 3.44. The number of rotatable bonds is 8. The highest BCUT2D eigenvalue weighted by Gasteiger charge is 2.21. The largest absolute Gasteiger partial charge is 0.462 e. The average Bonchev–Trinajstić information content (AvgIpc) is 2.53. The fourth-order valence-corrected chi connectivity index (χ4v) is 1.84. The van der Waals surface area contributed by atoms with Gasteiger partial charge in [-0.3, -0.25) is 4.79 Å². The Labute approximate surface area is 135 Å². The van der Waals surface area contributed by atoms with Crippen molar-refractivity contribution in [3.63, 3.8) is 0 Å². The Morgan fingerprint density at radius 2 is 1.70 bits per heavy atom. The van der Waals surface area contributed by atoms with Crippen LogP contribution in [0.25, 0.3) is 6.08 Å². The van der Waals surface area contributed by atoms with Gasteiger partial charge >= 0.3 is 11.9 Å². The SMILES string of the molecule is CCOC(=O)C(=Cc1ccccc1C(=O)OCC)C(=O)COC. The van der Waals surface area contributed by atoms with Gasteiger partial charge in [0, 0.05) is 7.11 Å². The van der Waals surface area contributed by atoms with E-state index in [9.17, 15) is 14.4 Å². The topological polar surface area (TPSA) is 78.9 Å². The number of hydrogen-bond donors (Lipinski definition) is 0. The molecule has 0 aliphatic heterocycles. The molecule has 1 rings (SSSR count). The molecular weight excluding hydrogens is 300 g/mol. The van der Waals surface area contributed by atoms with Crippen LogP contribution in [-0.4, -0.2) is 44.7 Å². The van der Waals surface area contributed by atoms with Gasteiger partial charge in [0.25, 0.3) is 0 Å². The summed E-state index contributed by atoms with van der Waals surface area (Å²) in [5.74, 6) is -1.81. The smallest absolute Gasteiger partial charge is 0.341 e. The van der Waals surface area contributed by atoms with E-state index in [0.717, 1.165) is 0 Å². The summed E-state index contributed by atoms with van der Waals surface area (Å²) in [4.78, 5) is 36.0. The molecule has 0 amide bonds. The molecule has 0 saturated heterocycles. The maximum absolute atomic E-state index is 12.1. The highest BCUT2D eigenvalue weighted by atomic mass is 16.5. The van der Waals surface area contributed by atoms with Crippen LogP contribution in [-0.2, 0) is 23.8 Å². The zero-order chi connectivity index (χ0) is 17.2. The first-order chi connectivity index (χ1) is 11.0. The minimum absolute atomic E-state index is 0.135. The molecule has 6 heteroatoms. The number of ether oxygens (including phenoxy) is 3. The number of Topliss-reactive ketones (excluding diaryl/α,β-unsaturated/α-hetero) is 1. The van der Waals surface area contributed by atoms with Crippen molar-refractivity contribution in [3.05, 3.63) is 41.0 Å². The first-order valence-electron chi connectivity index (χ1n) is 7.22. The molecule has 0 saturated carbocycles. The third-order valence-corrected chi connectivity index (χ3v) is 2.83. The van der Waals surface area contributed by atoms with Crippen LogP contribution in [0.5, 0.6) is 0 Å². The van der Waals surface area contributed by atoms with Gasteiger partial charge in [0.1, 0.15) is 12.2 Å². The van der Waals surface area contributed by atoms with Gasteiger partial charge in [-0.1, -0.05) is 18.2 Å². The van der Waals surface area contributed by atoms with Crippen LogP contribution in [0.1, 0.15) is 29.8 Å². The van der Waals surface area contributed by atoms with E-state index in [1.807, 2.05) is 0 Å². The Morgan fingerprint density at radius 3 is 2.30 bits per heavy atom. The minimum Gasteiger partial charge on any atom is -0.462 e. The van der Waals surface area contributed by atoms with E-state index in [-0.39, 0.29) is 31.0 Å². The molecule has 0 bridgehead atoms. The van der Waals surface area contributed by atoms with Gasteiger partial charge in [0.15, 0.2) is 5.78 Å². The first kappa shape index (κ1) is 18.6. The van der Waals surface area contributed by atoms with E-state index >= 15 is 0 Å². The second kappa shape index (κ2) is 9.53. The van der Waals surface area contributed by atoms with E-state index < -0.39 is 17.7 Å². The molecule has 0 atom stereocenters.